The molecule has 2 aromatic rings. The van der Waals surface area contributed by atoms with Crippen LogP contribution in [0.3, 0.4) is 0 Å². The van der Waals surface area contributed by atoms with Crippen LogP contribution in [0.5, 0.6) is 0 Å². The van der Waals surface area contributed by atoms with Crippen molar-refractivity contribution in [1.82, 2.24) is 9.88 Å². The molecule has 0 bridgehead atoms. The molecule has 2 heterocycles. The zero-order chi connectivity index (χ0) is 19.1. The van der Waals surface area contributed by atoms with Gasteiger partial charge in [-0.05, 0) is 38.8 Å². The summed E-state index contributed by atoms with van der Waals surface area (Å²) >= 11 is 1.64. The summed E-state index contributed by atoms with van der Waals surface area (Å²) in [4.78, 5) is 19.3. The first-order valence-corrected chi connectivity index (χ1v) is 11.2. The van der Waals surface area contributed by atoms with Crippen LogP contribution >= 0.6 is 11.8 Å². The Balaban J connectivity index is 1.52. The predicted molar refractivity (Wildman–Crippen MR) is 112 cm³/mol. The van der Waals surface area contributed by atoms with Crippen LogP contribution in [0.25, 0.3) is 11.5 Å². The van der Waals surface area contributed by atoms with Crippen LogP contribution in [-0.4, -0.2) is 34.6 Å². The highest BCUT2D eigenvalue weighted by Crippen LogP contribution is 2.24. The smallest absolute Gasteiger partial charge is 0.232 e. The number of rotatable bonds is 5. The summed E-state index contributed by atoms with van der Waals surface area (Å²) in [6.45, 7) is 5.85. The molecule has 0 saturated carbocycles. The number of aromatic nitrogens is 1. The van der Waals surface area contributed by atoms with Gasteiger partial charge >= 0.3 is 0 Å². The van der Waals surface area contributed by atoms with E-state index >= 15 is 0 Å². The number of carbonyl (C=O) groups is 1. The Hall–Kier alpha value is -1.75. The maximum Gasteiger partial charge on any atom is 0.232 e. The number of benzene rings is 1. The lowest BCUT2D eigenvalue weighted by Gasteiger charge is -2.21. The van der Waals surface area contributed by atoms with Gasteiger partial charge in [-0.3, -0.25) is 4.79 Å². The topological polar surface area (TPSA) is 46.3 Å². The number of oxazole rings is 1. The van der Waals surface area contributed by atoms with Gasteiger partial charge in [0.25, 0.3) is 0 Å². The standard InChI is InChI=1S/C22H30N2O2S/c1-17-9-11-19(12-10-17)22-23-20(18(2)26-22)15-27-16-21(25)24-13-7-5-3-4-6-8-14-24/h9-12H,3-8,13-16H2,1-2H3. The molecular weight excluding hydrogens is 356 g/mol. The molecule has 4 nitrogen and oxygen atoms in total. The lowest BCUT2D eigenvalue weighted by Crippen LogP contribution is -2.34. The molecule has 0 spiro atoms. The zero-order valence-corrected chi connectivity index (χ0v) is 17.3. The van der Waals surface area contributed by atoms with E-state index < -0.39 is 0 Å². The van der Waals surface area contributed by atoms with E-state index in [4.69, 9.17) is 4.42 Å². The molecule has 27 heavy (non-hydrogen) atoms. The monoisotopic (exact) mass is 386 g/mol. The summed E-state index contributed by atoms with van der Waals surface area (Å²) in [5.41, 5.74) is 3.15. The van der Waals surface area contributed by atoms with Gasteiger partial charge in [0.05, 0.1) is 11.4 Å². The van der Waals surface area contributed by atoms with E-state index in [1.807, 2.05) is 19.1 Å². The van der Waals surface area contributed by atoms with Crippen LogP contribution in [0.4, 0.5) is 0 Å². The van der Waals surface area contributed by atoms with Crippen molar-refractivity contribution < 1.29 is 9.21 Å². The summed E-state index contributed by atoms with van der Waals surface area (Å²) in [6, 6.07) is 8.19. The number of carbonyl (C=O) groups excluding carboxylic acids is 1. The molecule has 1 fully saturated rings. The fourth-order valence-corrected chi connectivity index (χ4v) is 4.30. The van der Waals surface area contributed by atoms with Crippen molar-refractivity contribution in [2.24, 2.45) is 0 Å². The Morgan fingerprint density at radius 1 is 1.04 bits per heavy atom. The van der Waals surface area contributed by atoms with Crippen LogP contribution in [0.15, 0.2) is 28.7 Å². The number of thioether (sulfide) groups is 1. The van der Waals surface area contributed by atoms with E-state index in [0.29, 0.717) is 17.4 Å². The van der Waals surface area contributed by atoms with E-state index in [-0.39, 0.29) is 5.91 Å². The molecule has 146 valence electrons. The molecule has 1 aliphatic rings. The summed E-state index contributed by atoms with van der Waals surface area (Å²) in [7, 11) is 0. The second-order valence-electron chi connectivity index (χ2n) is 7.38. The summed E-state index contributed by atoms with van der Waals surface area (Å²) in [5, 5.41) is 0. The van der Waals surface area contributed by atoms with E-state index in [2.05, 4.69) is 28.9 Å². The van der Waals surface area contributed by atoms with Crippen molar-refractivity contribution in [3.8, 4) is 11.5 Å². The van der Waals surface area contributed by atoms with Crippen molar-refractivity contribution in [3.05, 3.63) is 41.3 Å². The fourth-order valence-electron chi connectivity index (χ4n) is 3.38. The van der Waals surface area contributed by atoms with Crippen molar-refractivity contribution in [2.75, 3.05) is 18.8 Å². The van der Waals surface area contributed by atoms with E-state index in [1.54, 1.807) is 11.8 Å². The van der Waals surface area contributed by atoms with Gasteiger partial charge in [0.15, 0.2) is 0 Å². The first-order valence-electron chi connectivity index (χ1n) is 10.0. The number of nitrogens with zero attached hydrogens (tertiary/aromatic N) is 2. The lowest BCUT2D eigenvalue weighted by molar-refractivity contribution is -0.128. The molecule has 0 N–H and O–H groups in total. The molecule has 0 atom stereocenters. The average molecular weight is 387 g/mol. The van der Waals surface area contributed by atoms with Crippen LogP contribution in [0.1, 0.15) is 55.5 Å². The fraction of sp³-hybridized carbons (Fsp3) is 0.545. The Kier molecular flexibility index (Phi) is 7.39. The van der Waals surface area contributed by atoms with Gasteiger partial charge in [-0.15, -0.1) is 11.8 Å². The van der Waals surface area contributed by atoms with Gasteiger partial charge in [-0.1, -0.05) is 43.4 Å². The molecule has 1 aromatic heterocycles. The second-order valence-corrected chi connectivity index (χ2v) is 8.37. The minimum atomic E-state index is 0.266. The molecule has 3 rings (SSSR count). The minimum Gasteiger partial charge on any atom is -0.441 e. The molecule has 0 radical (unpaired) electrons. The second kappa shape index (κ2) is 9.98. The van der Waals surface area contributed by atoms with Crippen molar-refractivity contribution >= 4 is 17.7 Å². The molecule has 5 heteroatoms. The largest absolute Gasteiger partial charge is 0.441 e. The Bertz CT molecular complexity index is 729. The molecule has 0 unspecified atom stereocenters. The molecule has 1 aliphatic heterocycles. The third-order valence-electron chi connectivity index (χ3n) is 5.11. The quantitative estimate of drug-likeness (QED) is 0.692. The number of hydrogen-bond donors (Lipinski definition) is 0. The summed E-state index contributed by atoms with van der Waals surface area (Å²) in [5.74, 6) is 3.00. The minimum absolute atomic E-state index is 0.266. The van der Waals surface area contributed by atoms with Crippen LogP contribution in [0, 0.1) is 13.8 Å². The normalized spacial score (nSPS) is 15.9. The van der Waals surface area contributed by atoms with Crippen LogP contribution < -0.4 is 0 Å². The zero-order valence-electron chi connectivity index (χ0n) is 16.5. The van der Waals surface area contributed by atoms with Crippen molar-refractivity contribution in [1.29, 1.82) is 0 Å². The molecule has 0 aliphatic carbocycles. The van der Waals surface area contributed by atoms with Gasteiger partial charge in [-0.25, -0.2) is 4.98 Å². The maximum atomic E-state index is 12.6. The van der Waals surface area contributed by atoms with Gasteiger partial charge in [-0.2, -0.15) is 0 Å². The highest BCUT2D eigenvalue weighted by atomic mass is 32.2. The van der Waals surface area contributed by atoms with Gasteiger partial charge in [0.2, 0.25) is 11.8 Å². The summed E-state index contributed by atoms with van der Waals surface area (Å²) < 4.78 is 5.84. The third kappa shape index (κ3) is 5.86. The molecule has 1 aromatic carbocycles. The molecular formula is C22H30N2O2S. The van der Waals surface area contributed by atoms with Gasteiger partial charge < -0.3 is 9.32 Å². The number of amides is 1. The van der Waals surface area contributed by atoms with E-state index in [0.717, 1.165) is 42.9 Å². The molecule has 1 saturated heterocycles. The highest BCUT2D eigenvalue weighted by molar-refractivity contribution is 7.99. The van der Waals surface area contributed by atoms with E-state index in [9.17, 15) is 4.79 Å². The first-order chi connectivity index (χ1) is 13.1. The molecule has 1 amide bonds. The van der Waals surface area contributed by atoms with Gasteiger partial charge in [0.1, 0.15) is 5.76 Å². The predicted octanol–water partition coefficient (Wildman–Crippen LogP) is 5.37. The number of aryl methyl sites for hydroxylation is 2. The third-order valence-corrected chi connectivity index (χ3v) is 6.04. The summed E-state index contributed by atoms with van der Waals surface area (Å²) in [6.07, 6.45) is 7.39. The maximum absolute atomic E-state index is 12.6. The highest BCUT2D eigenvalue weighted by Gasteiger charge is 2.16. The SMILES string of the molecule is Cc1ccc(-c2nc(CSCC(=O)N3CCCCCCCC3)c(C)o2)cc1. The lowest BCUT2D eigenvalue weighted by atomic mass is 10.1. The van der Waals surface area contributed by atoms with E-state index in [1.165, 1.54) is 31.2 Å². The van der Waals surface area contributed by atoms with Crippen molar-refractivity contribution in [3.63, 3.8) is 0 Å². The van der Waals surface area contributed by atoms with Crippen LogP contribution in [0.2, 0.25) is 0 Å². The van der Waals surface area contributed by atoms with Gasteiger partial charge in [0, 0.05) is 24.4 Å². The Labute approximate surface area is 166 Å². The van der Waals surface area contributed by atoms with Crippen LogP contribution in [-0.2, 0) is 10.5 Å². The Morgan fingerprint density at radius 2 is 1.67 bits per heavy atom. The number of hydrogen-bond acceptors (Lipinski definition) is 4. The average Bonchev–Trinajstić information content (AvgIpc) is 3.09. The van der Waals surface area contributed by atoms with Crippen molar-refractivity contribution in [2.45, 2.75) is 58.1 Å². The first kappa shape index (κ1) is 20.0. The Morgan fingerprint density at radius 3 is 2.33 bits per heavy atom.